The van der Waals surface area contributed by atoms with E-state index in [1.54, 1.807) is 0 Å². The first-order valence-electron chi connectivity index (χ1n) is 12.8. The highest BCUT2D eigenvalue weighted by Gasteiger charge is 2.60. The molecular weight excluding hydrogens is 340 g/mol. The molecule has 0 bridgehead atoms. The smallest absolute Gasteiger partial charge is 0.133 e. The van der Waals surface area contributed by atoms with Gasteiger partial charge in [0.1, 0.15) is 5.78 Å². The van der Waals surface area contributed by atoms with Crippen LogP contribution >= 0.6 is 0 Å². The predicted molar refractivity (Wildman–Crippen MR) is 118 cm³/mol. The molecule has 0 aromatic heterocycles. The van der Waals surface area contributed by atoms with Gasteiger partial charge >= 0.3 is 0 Å². The molecule has 4 rings (SSSR count). The maximum absolute atomic E-state index is 12.1. The van der Waals surface area contributed by atoms with Crippen molar-refractivity contribution in [3.63, 3.8) is 0 Å². The summed E-state index contributed by atoms with van der Waals surface area (Å²) in [5, 5.41) is 0. The summed E-state index contributed by atoms with van der Waals surface area (Å²) in [4.78, 5) is 12.1. The first kappa shape index (κ1) is 20.9. The molecule has 0 amide bonds. The van der Waals surface area contributed by atoms with Crippen molar-refractivity contribution < 1.29 is 4.79 Å². The third-order valence-corrected chi connectivity index (χ3v) is 10.7. The molecule has 0 saturated heterocycles. The van der Waals surface area contributed by atoms with Crippen LogP contribution in [-0.2, 0) is 4.79 Å². The van der Waals surface area contributed by atoms with Gasteiger partial charge in [0.15, 0.2) is 0 Å². The number of rotatable bonds is 5. The highest BCUT2D eigenvalue weighted by Crippen LogP contribution is 2.68. The molecule has 1 heteroatoms. The molecule has 0 aliphatic heterocycles. The fraction of sp³-hybridized carbons (Fsp3) is 0.963. The van der Waals surface area contributed by atoms with Crippen molar-refractivity contribution in [3.8, 4) is 0 Å². The largest absolute Gasteiger partial charge is 0.300 e. The second kappa shape index (κ2) is 7.73. The first-order valence-corrected chi connectivity index (χ1v) is 12.8. The number of hydrogen-bond donors (Lipinski definition) is 0. The average molecular weight is 387 g/mol. The van der Waals surface area contributed by atoms with Crippen molar-refractivity contribution in [1.29, 1.82) is 0 Å². The van der Waals surface area contributed by atoms with E-state index in [-0.39, 0.29) is 0 Å². The molecule has 1 unspecified atom stereocenters. The van der Waals surface area contributed by atoms with Crippen LogP contribution in [0, 0.1) is 52.3 Å². The van der Waals surface area contributed by atoms with E-state index in [2.05, 4.69) is 34.6 Å². The third-order valence-electron chi connectivity index (χ3n) is 10.7. The molecule has 0 heterocycles. The summed E-state index contributed by atoms with van der Waals surface area (Å²) < 4.78 is 0. The number of carbonyl (C=O) groups is 1. The predicted octanol–water partition coefficient (Wildman–Crippen LogP) is 7.68. The lowest BCUT2D eigenvalue weighted by atomic mass is 9.44. The van der Waals surface area contributed by atoms with Crippen LogP contribution in [0.3, 0.4) is 0 Å². The van der Waals surface area contributed by atoms with Gasteiger partial charge in [0.25, 0.3) is 0 Å². The molecule has 1 nitrogen and oxygen atoms in total. The molecule has 160 valence electrons. The van der Waals surface area contributed by atoms with E-state index in [0.29, 0.717) is 22.5 Å². The van der Waals surface area contributed by atoms with Gasteiger partial charge in [-0.1, -0.05) is 53.9 Å². The van der Waals surface area contributed by atoms with Gasteiger partial charge in [-0.2, -0.15) is 0 Å². The van der Waals surface area contributed by atoms with Gasteiger partial charge in [-0.05, 0) is 97.2 Å². The van der Waals surface area contributed by atoms with Gasteiger partial charge < -0.3 is 0 Å². The number of fused-ring (bicyclic) bond motifs is 5. The highest BCUT2D eigenvalue weighted by atomic mass is 16.1. The van der Waals surface area contributed by atoms with Crippen molar-refractivity contribution in [2.45, 2.75) is 112 Å². The Bertz CT molecular complexity index is 579. The Labute approximate surface area is 174 Å². The number of Topliss-reactive ketones (excluding diaryl/α,β-unsaturated/α-hetero) is 1. The minimum absolute atomic E-state index is 0.471. The quantitative estimate of drug-likeness (QED) is 0.473. The molecule has 8 atom stereocenters. The van der Waals surface area contributed by atoms with Crippen LogP contribution in [0.15, 0.2) is 0 Å². The molecule has 0 aromatic rings. The average Bonchev–Trinajstić information content (AvgIpc) is 2.99. The molecule has 0 aromatic carbocycles. The summed E-state index contributed by atoms with van der Waals surface area (Å²) in [7, 11) is 0. The minimum atomic E-state index is 0.471. The number of carbonyl (C=O) groups excluding carboxylic acids is 1. The lowest BCUT2D eigenvalue weighted by Gasteiger charge is -2.60. The standard InChI is InChI=1S/C27H46O/c1-18(2)7-6-8-19(3)23-11-12-24-22-10-9-20-17-21(28)13-15-26(20,4)25(22)14-16-27(23,24)5/h18-20,22-25H,6-17H2,1-5H3/t19?,20-,22-,23+,24-,25-,26-,27+/m0/s1. The zero-order valence-electron chi connectivity index (χ0n) is 19.4. The Balaban J connectivity index is 1.47. The molecule has 4 saturated carbocycles. The maximum Gasteiger partial charge on any atom is 0.133 e. The minimum Gasteiger partial charge on any atom is -0.300 e. The molecule has 0 N–H and O–H groups in total. The van der Waals surface area contributed by atoms with Gasteiger partial charge in [0, 0.05) is 12.8 Å². The van der Waals surface area contributed by atoms with Crippen LogP contribution in [-0.4, -0.2) is 5.78 Å². The molecule has 0 spiro atoms. The molecule has 4 aliphatic rings. The van der Waals surface area contributed by atoms with Gasteiger partial charge in [-0.3, -0.25) is 4.79 Å². The van der Waals surface area contributed by atoms with E-state index in [0.717, 1.165) is 48.3 Å². The molecule has 4 fully saturated rings. The summed E-state index contributed by atoms with van der Waals surface area (Å²) in [6.45, 7) is 12.6. The van der Waals surface area contributed by atoms with E-state index >= 15 is 0 Å². The van der Waals surface area contributed by atoms with Crippen molar-refractivity contribution >= 4 is 5.78 Å². The Morgan fingerprint density at radius 3 is 2.39 bits per heavy atom. The monoisotopic (exact) mass is 386 g/mol. The van der Waals surface area contributed by atoms with Crippen molar-refractivity contribution in [2.24, 2.45) is 52.3 Å². The second-order valence-corrected chi connectivity index (χ2v) is 12.4. The Hall–Kier alpha value is -0.330. The summed E-state index contributed by atoms with van der Waals surface area (Å²) in [5.41, 5.74) is 1.07. The Morgan fingerprint density at radius 1 is 0.893 bits per heavy atom. The summed E-state index contributed by atoms with van der Waals surface area (Å²) in [6.07, 6.45) is 15.9. The van der Waals surface area contributed by atoms with Gasteiger partial charge in [0.05, 0.1) is 0 Å². The topological polar surface area (TPSA) is 17.1 Å². The zero-order chi connectivity index (χ0) is 20.1. The first-order chi connectivity index (χ1) is 13.3. The fourth-order valence-corrected chi connectivity index (χ4v) is 9.07. The van der Waals surface area contributed by atoms with Crippen LogP contribution in [0.2, 0.25) is 0 Å². The lowest BCUT2D eigenvalue weighted by Crippen LogP contribution is -2.53. The van der Waals surface area contributed by atoms with E-state index in [1.807, 2.05) is 0 Å². The van der Waals surface area contributed by atoms with Crippen LogP contribution in [0.1, 0.15) is 112 Å². The summed E-state index contributed by atoms with van der Waals surface area (Å²) >= 11 is 0. The van der Waals surface area contributed by atoms with E-state index in [1.165, 1.54) is 64.2 Å². The number of hydrogen-bond acceptors (Lipinski definition) is 1. The van der Waals surface area contributed by atoms with E-state index < -0.39 is 0 Å². The van der Waals surface area contributed by atoms with Gasteiger partial charge in [0.2, 0.25) is 0 Å². The van der Waals surface area contributed by atoms with Gasteiger partial charge in [-0.25, -0.2) is 0 Å². The third kappa shape index (κ3) is 3.41. The molecule has 28 heavy (non-hydrogen) atoms. The lowest BCUT2D eigenvalue weighted by molar-refractivity contribution is -0.140. The van der Waals surface area contributed by atoms with E-state index in [4.69, 9.17) is 0 Å². The summed E-state index contributed by atoms with van der Waals surface area (Å²) in [6, 6.07) is 0. The molecular formula is C27H46O. The summed E-state index contributed by atoms with van der Waals surface area (Å²) in [5.74, 6) is 6.82. The number of ketones is 1. The molecule has 0 radical (unpaired) electrons. The Kier molecular flexibility index (Phi) is 5.78. The molecule has 4 aliphatic carbocycles. The van der Waals surface area contributed by atoms with Crippen molar-refractivity contribution in [2.75, 3.05) is 0 Å². The van der Waals surface area contributed by atoms with Crippen LogP contribution in [0.4, 0.5) is 0 Å². The van der Waals surface area contributed by atoms with Crippen molar-refractivity contribution in [1.82, 2.24) is 0 Å². The second-order valence-electron chi connectivity index (χ2n) is 12.4. The van der Waals surface area contributed by atoms with E-state index in [9.17, 15) is 4.79 Å². The van der Waals surface area contributed by atoms with Gasteiger partial charge in [-0.15, -0.1) is 0 Å². The van der Waals surface area contributed by atoms with Crippen LogP contribution in [0.5, 0.6) is 0 Å². The van der Waals surface area contributed by atoms with Crippen molar-refractivity contribution in [3.05, 3.63) is 0 Å². The Morgan fingerprint density at radius 2 is 1.64 bits per heavy atom. The normalized spacial score (nSPS) is 46.8. The SMILES string of the molecule is CC(C)CCCC(C)[C@H]1CC[C@H]2[C@@H]3CC[C@H]4CC(=O)CC[C@]4(C)[C@H]3CC[C@]12C. The zero-order valence-corrected chi connectivity index (χ0v) is 19.4. The van der Waals surface area contributed by atoms with Crippen LogP contribution < -0.4 is 0 Å². The maximum atomic E-state index is 12.1. The fourth-order valence-electron chi connectivity index (χ4n) is 9.07. The highest BCUT2D eigenvalue weighted by molar-refractivity contribution is 5.79. The van der Waals surface area contributed by atoms with Crippen LogP contribution in [0.25, 0.3) is 0 Å².